The van der Waals surface area contributed by atoms with E-state index in [-0.39, 0.29) is 10.8 Å². The molecule has 47 heavy (non-hydrogen) atoms. The molecule has 0 fully saturated rings. The highest BCUT2D eigenvalue weighted by Gasteiger charge is 2.37. The highest BCUT2D eigenvalue weighted by Crippen LogP contribution is 2.53. The van der Waals surface area contributed by atoms with Gasteiger partial charge in [0.25, 0.3) is 0 Å². The lowest BCUT2D eigenvalue weighted by Gasteiger charge is -2.30. The van der Waals surface area contributed by atoms with E-state index in [0.717, 1.165) is 5.69 Å². The smallest absolute Gasteiger partial charge is 0.0465 e. The third-order valence-corrected chi connectivity index (χ3v) is 10.9. The molecule has 0 bridgehead atoms. The Hall–Kier alpha value is -5.40. The second-order valence-electron chi connectivity index (χ2n) is 14.2. The second-order valence-corrected chi connectivity index (χ2v) is 14.2. The van der Waals surface area contributed by atoms with Crippen LogP contribution in [0, 0.1) is 0 Å². The van der Waals surface area contributed by atoms with Crippen molar-refractivity contribution >= 4 is 27.8 Å². The molecule has 9 rings (SSSR count). The average Bonchev–Trinajstić information content (AvgIpc) is 3.48. The van der Waals surface area contributed by atoms with E-state index in [0.29, 0.717) is 0 Å². The van der Waals surface area contributed by atoms with Gasteiger partial charge in [0, 0.05) is 27.9 Å². The molecule has 1 heteroatoms. The summed E-state index contributed by atoms with van der Waals surface area (Å²) < 4.78 is 0. The van der Waals surface area contributed by atoms with Crippen LogP contribution in [0.25, 0.3) is 44.2 Å². The lowest BCUT2D eigenvalue weighted by Crippen LogP contribution is -2.18. The van der Waals surface area contributed by atoms with Crippen LogP contribution in [0.15, 0.2) is 152 Å². The molecule has 0 N–H and O–H groups in total. The van der Waals surface area contributed by atoms with Crippen molar-refractivity contribution in [3.05, 3.63) is 174 Å². The van der Waals surface area contributed by atoms with Gasteiger partial charge in [-0.05, 0) is 103 Å². The van der Waals surface area contributed by atoms with Crippen molar-refractivity contribution in [3.8, 4) is 33.4 Å². The second kappa shape index (κ2) is 10.0. The number of rotatable bonds is 4. The molecular weight excluding hydrogens is 567 g/mol. The molecule has 226 valence electrons. The van der Waals surface area contributed by atoms with Crippen LogP contribution in [0.3, 0.4) is 0 Å². The van der Waals surface area contributed by atoms with Crippen LogP contribution >= 0.6 is 0 Å². The Kier molecular flexibility index (Phi) is 5.96. The number of anilines is 3. The normalized spacial score (nSPS) is 14.7. The molecule has 0 unspecified atom stereocenters. The third-order valence-electron chi connectivity index (χ3n) is 10.9. The van der Waals surface area contributed by atoms with Crippen LogP contribution in [0.4, 0.5) is 17.1 Å². The van der Waals surface area contributed by atoms with Crippen molar-refractivity contribution in [2.24, 2.45) is 0 Å². The molecule has 0 amide bonds. The Labute approximate surface area is 277 Å². The van der Waals surface area contributed by atoms with E-state index in [2.05, 4.69) is 184 Å². The van der Waals surface area contributed by atoms with Crippen molar-refractivity contribution in [2.45, 2.75) is 38.5 Å². The lowest BCUT2D eigenvalue weighted by atomic mass is 9.82. The summed E-state index contributed by atoms with van der Waals surface area (Å²) in [5, 5.41) is 2.54. The summed E-state index contributed by atoms with van der Waals surface area (Å²) in [6.07, 6.45) is 0. The van der Waals surface area contributed by atoms with Crippen molar-refractivity contribution in [3.63, 3.8) is 0 Å². The first-order chi connectivity index (χ1) is 22.8. The van der Waals surface area contributed by atoms with Crippen LogP contribution in [0.1, 0.15) is 49.9 Å². The molecule has 0 aliphatic heterocycles. The standard InChI is InChI=1S/C46H37N/c1-45(2)41-18-9-7-15-37(41)39-26-24-33(28-43(39)45)47(34-25-27-40-38-16-8-10-19-42(38)46(3,4)44(40)29-34)32-22-20-31(21-23-32)36-17-11-13-30-12-5-6-14-35(30)36/h5-29H,1-4H3. The molecule has 0 saturated heterocycles. The molecule has 2 aliphatic rings. The van der Waals surface area contributed by atoms with Crippen molar-refractivity contribution in [1.82, 2.24) is 0 Å². The largest absolute Gasteiger partial charge is 0.310 e. The Balaban J connectivity index is 1.21. The number of benzene rings is 7. The zero-order valence-electron chi connectivity index (χ0n) is 27.4. The molecule has 0 radical (unpaired) electrons. The van der Waals surface area contributed by atoms with Gasteiger partial charge in [-0.3, -0.25) is 0 Å². The van der Waals surface area contributed by atoms with Gasteiger partial charge in [-0.1, -0.05) is 143 Å². The summed E-state index contributed by atoms with van der Waals surface area (Å²) in [5.41, 5.74) is 16.8. The summed E-state index contributed by atoms with van der Waals surface area (Å²) in [6, 6.07) is 56.3. The van der Waals surface area contributed by atoms with Gasteiger partial charge < -0.3 is 4.90 Å². The van der Waals surface area contributed by atoms with Crippen LogP contribution in [-0.2, 0) is 10.8 Å². The van der Waals surface area contributed by atoms with E-state index in [1.165, 1.54) is 77.8 Å². The maximum Gasteiger partial charge on any atom is 0.0465 e. The average molecular weight is 604 g/mol. The third kappa shape index (κ3) is 4.09. The van der Waals surface area contributed by atoms with Crippen molar-refractivity contribution in [2.75, 3.05) is 4.90 Å². The van der Waals surface area contributed by atoms with E-state index in [1.54, 1.807) is 0 Å². The summed E-state index contributed by atoms with van der Waals surface area (Å²) in [5.74, 6) is 0. The molecule has 0 spiro atoms. The minimum Gasteiger partial charge on any atom is -0.310 e. The van der Waals surface area contributed by atoms with E-state index in [1.807, 2.05) is 0 Å². The maximum absolute atomic E-state index is 2.45. The zero-order valence-corrected chi connectivity index (χ0v) is 27.4. The summed E-state index contributed by atoms with van der Waals surface area (Å²) in [4.78, 5) is 2.45. The molecule has 0 atom stereocenters. The van der Waals surface area contributed by atoms with Crippen LogP contribution < -0.4 is 4.90 Å². The molecular formula is C46H37N. The number of fused-ring (bicyclic) bond motifs is 7. The van der Waals surface area contributed by atoms with Gasteiger partial charge in [-0.2, -0.15) is 0 Å². The first kappa shape index (κ1) is 27.9. The lowest BCUT2D eigenvalue weighted by molar-refractivity contribution is 0.660. The van der Waals surface area contributed by atoms with E-state index in [4.69, 9.17) is 0 Å². The highest BCUT2D eigenvalue weighted by atomic mass is 15.1. The fraction of sp³-hybridized carbons (Fsp3) is 0.130. The van der Waals surface area contributed by atoms with Crippen molar-refractivity contribution in [1.29, 1.82) is 0 Å². The number of hydrogen-bond acceptors (Lipinski definition) is 1. The fourth-order valence-corrected chi connectivity index (χ4v) is 8.38. The molecule has 0 aromatic heterocycles. The van der Waals surface area contributed by atoms with Crippen molar-refractivity contribution < 1.29 is 0 Å². The Morgan fingerprint density at radius 3 is 1.40 bits per heavy atom. The zero-order chi connectivity index (χ0) is 31.9. The maximum atomic E-state index is 2.45. The van der Waals surface area contributed by atoms with Gasteiger partial charge in [0.15, 0.2) is 0 Å². The van der Waals surface area contributed by atoms with Gasteiger partial charge in [0.2, 0.25) is 0 Å². The van der Waals surface area contributed by atoms with Gasteiger partial charge >= 0.3 is 0 Å². The summed E-state index contributed by atoms with van der Waals surface area (Å²) in [6.45, 7) is 9.44. The van der Waals surface area contributed by atoms with Crippen LogP contribution in [0.5, 0.6) is 0 Å². The van der Waals surface area contributed by atoms with E-state index >= 15 is 0 Å². The molecule has 0 heterocycles. The van der Waals surface area contributed by atoms with Gasteiger partial charge in [-0.25, -0.2) is 0 Å². The molecule has 0 saturated carbocycles. The first-order valence-electron chi connectivity index (χ1n) is 16.7. The topological polar surface area (TPSA) is 3.24 Å². The van der Waals surface area contributed by atoms with Gasteiger partial charge in [0.1, 0.15) is 0 Å². The number of nitrogens with zero attached hydrogens (tertiary/aromatic N) is 1. The predicted molar refractivity (Wildman–Crippen MR) is 199 cm³/mol. The first-order valence-corrected chi connectivity index (χ1v) is 16.7. The van der Waals surface area contributed by atoms with E-state index < -0.39 is 0 Å². The summed E-state index contributed by atoms with van der Waals surface area (Å²) in [7, 11) is 0. The number of hydrogen-bond donors (Lipinski definition) is 0. The predicted octanol–water partition coefficient (Wildman–Crippen LogP) is 12.6. The molecule has 2 aliphatic carbocycles. The quantitative estimate of drug-likeness (QED) is 0.193. The van der Waals surface area contributed by atoms with Gasteiger partial charge in [-0.15, -0.1) is 0 Å². The molecule has 7 aromatic rings. The Morgan fingerprint density at radius 1 is 0.362 bits per heavy atom. The monoisotopic (exact) mass is 603 g/mol. The molecule has 7 aromatic carbocycles. The fourth-order valence-electron chi connectivity index (χ4n) is 8.38. The summed E-state index contributed by atoms with van der Waals surface area (Å²) >= 11 is 0. The van der Waals surface area contributed by atoms with Crippen LogP contribution in [-0.4, -0.2) is 0 Å². The SMILES string of the molecule is CC1(C)c2ccccc2-c2ccc(N(c3ccc(-c4cccc5ccccc45)cc3)c3ccc4c(c3)C(C)(C)c3ccccc3-4)cc21. The molecule has 1 nitrogen and oxygen atoms in total. The Bertz CT molecular complexity index is 2240. The minimum atomic E-state index is -0.0760. The van der Waals surface area contributed by atoms with E-state index in [9.17, 15) is 0 Å². The Morgan fingerprint density at radius 2 is 0.809 bits per heavy atom. The van der Waals surface area contributed by atoms with Crippen LogP contribution in [0.2, 0.25) is 0 Å². The van der Waals surface area contributed by atoms with Gasteiger partial charge in [0.05, 0.1) is 0 Å². The minimum absolute atomic E-state index is 0.0760. The highest BCUT2D eigenvalue weighted by molar-refractivity contribution is 5.97.